The minimum Gasteiger partial charge on any atom is -0.369 e. The van der Waals surface area contributed by atoms with Crippen LogP contribution in [0.25, 0.3) is 22.6 Å². The van der Waals surface area contributed by atoms with Gasteiger partial charge in [-0.2, -0.15) is 5.10 Å². The van der Waals surface area contributed by atoms with Crippen LogP contribution in [-0.2, 0) is 0 Å². The van der Waals surface area contributed by atoms with E-state index in [1.165, 1.54) is 6.07 Å². The summed E-state index contributed by atoms with van der Waals surface area (Å²) in [7, 11) is 0. The number of H-pyrrole nitrogens is 2. The van der Waals surface area contributed by atoms with Crippen LogP contribution in [0.2, 0.25) is 0 Å². The van der Waals surface area contributed by atoms with Gasteiger partial charge in [0.25, 0.3) is 0 Å². The molecular weight excluding hydrogens is 397 g/mol. The lowest BCUT2D eigenvalue weighted by atomic mass is 9.99. The van der Waals surface area contributed by atoms with Gasteiger partial charge in [-0.1, -0.05) is 6.92 Å². The van der Waals surface area contributed by atoms with Gasteiger partial charge in [0.05, 0.1) is 28.6 Å². The summed E-state index contributed by atoms with van der Waals surface area (Å²) in [6.45, 7) is 5.48. The van der Waals surface area contributed by atoms with Crippen LogP contribution in [0.4, 0.5) is 20.6 Å². The number of fused-ring (bicyclic) bond motifs is 1. The number of aromatic nitrogens is 4. The Kier molecular flexibility index (Phi) is 5.25. The Labute approximate surface area is 180 Å². The van der Waals surface area contributed by atoms with E-state index in [1.807, 2.05) is 11.0 Å². The van der Waals surface area contributed by atoms with Crippen molar-refractivity contribution >= 4 is 28.4 Å². The van der Waals surface area contributed by atoms with E-state index in [1.54, 1.807) is 6.20 Å². The van der Waals surface area contributed by atoms with Gasteiger partial charge in [-0.05, 0) is 44.1 Å². The predicted molar refractivity (Wildman–Crippen MR) is 119 cm³/mol. The third-order valence-electron chi connectivity index (χ3n) is 6.44. The van der Waals surface area contributed by atoms with Gasteiger partial charge in [0, 0.05) is 32.2 Å². The number of nitrogens with one attached hydrogen (secondary N) is 3. The maximum Gasteiger partial charge on any atom is 0.321 e. The molecule has 4 heterocycles. The highest BCUT2D eigenvalue weighted by atomic mass is 19.1. The van der Waals surface area contributed by atoms with E-state index in [0.29, 0.717) is 39.8 Å². The maximum absolute atomic E-state index is 14.8. The van der Waals surface area contributed by atoms with Gasteiger partial charge in [-0.25, -0.2) is 14.2 Å². The van der Waals surface area contributed by atoms with Crippen LogP contribution in [0.15, 0.2) is 18.3 Å². The van der Waals surface area contributed by atoms with Gasteiger partial charge >= 0.3 is 6.03 Å². The lowest BCUT2D eigenvalue weighted by Gasteiger charge is -2.32. The molecule has 164 valence electrons. The average Bonchev–Trinajstić information content (AvgIpc) is 3.40. The van der Waals surface area contributed by atoms with E-state index in [0.717, 1.165) is 58.3 Å². The molecule has 3 N–H and O–H groups in total. The predicted octanol–water partition coefficient (Wildman–Crippen LogP) is 4.35. The van der Waals surface area contributed by atoms with Crippen LogP contribution >= 0.6 is 0 Å². The van der Waals surface area contributed by atoms with Gasteiger partial charge < -0.3 is 20.1 Å². The Morgan fingerprint density at radius 1 is 1.16 bits per heavy atom. The number of hydrogen-bond donors (Lipinski definition) is 3. The molecule has 0 atom stereocenters. The summed E-state index contributed by atoms with van der Waals surface area (Å²) in [5, 5.41) is 9.92. The van der Waals surface area contributed by atoms with Crippen molar-refractivity contribution in [1.29, 1.82) is 0 Å². The van der Waals surface area contributed by atoms with Crippen molar-refractivity contribution in [2.75, 3.05) is 36.4 Å². The van der Waals surface area contributed by atoms with Crippen molar-refractivity contribution in [2.24, 2.45) is 5.92 Å². The van der Waals surface area contributed by atoms with Crippen LogP contribution in [0, 0.1) is 11.7 Å². The summed E-state index contributed by atoms with van der Waals surface area (Å²) in [5.74, 6) is 0.949. The van der Waals surface area contributed by atoms with Crippen LogP contribution in [-0.4, -0.2) is 57.3 Å². The number of anilines is 2. The van der Waals surface area contributed by atoms with Crippen LogP contribution in [0.1, 0.15) is 39.0 Å². The topological polar surface area (TPSA) is 92.9 Å². The molecule has 9 heteroatoms. The maximum atomic E-state index is 14.8. The molecule has 0 aliphatic carbocycles. The Morgan fingerprint density at radius 3 is 2.71 bits per heavy atom. The number of rotatable bonds is 3. The van der Waals surface area contributed by atoms with Crippen LogP contribution in [0.3, 0.4) is 0 Å². The molecule has 0 unspecified atom stereocenters. The molecular formula is C22H28FN7O. The molecule has 2 saturated heterocycles. The molecule has 0 radical (unpaired) electrons. The number of carbonyl (C=O) groups is 1. The highest BCUT2D eigenvalue weighted by molar-refractivity contribution is 5.93. The van der Waals surface area contributed by atoms with Gasteiger partial charge in [0.1, 0.15) is 11.5 Å². The number of imidazole rings is 1. The Bertz CT molecular complexity index is 1080. The fraction of sp³-hybridized carbons (Fsp3) is 0.500. The highest BCUT2D eigenvalue weighted by Gasteiger charge is 2.22. The SMILES string of the molecule is CC1CCN(c2cc3nc(-c4[nH]ncc4NC(=O)N4CCCCC4)[nH]c3cc2F)CC1. The largest absolute Gasteiger partial charge is 0.369 e. The molecule has 5 rings (SSSR count). The number of likely N-dealkylation sites (tertiary alicyclic amines) is 1. The molecule has 2 aliphatic heterocycles. The first-order valence-corrected chi connectivity index (χ1v) is 11.1. The second kappa shape index (κ2) is 8.20. The van der Waals surface area contributed by atoms with E-state index in [9.17, 15) is 9.18 Å². The smallest absolute Gasteiger partial charge is 0.321 e. The standard InChI is InChI=1S/C22H28FN7O/c1-14-5-9-29(10-6-14)19-12-17-16(11-15(19)23)25-21(26-17)20-18(13-24-28-20)27-22(31)30-7-3-2-4-8-30/h11-14H,2-10H2,1H3,(H,24,28)(H,25,26)(H,27,31). The van der Waals surface area contributed by atoms with Crippen molar-refractivity contribution in [3.05, 3.63) is 24.1 Å². The lowest BCUT2D eigenvalue weighted by molar-refractivity contribution is 0.200. The highest BCUT2D eigenvalue weighted by Crippen LogP contribution is 2.31. The Hall–Kier alpha value is -3.10. The first kappa shape index (κ1) is 19.8. The second-order valence-electron chi connectivity index (χ2n) is 8.71. The molecule has 2 amide bonds. The first-order valence-electron chi connectivity index (χ1n) is 11.1. The normalized spacial score (nSPS) is 18.0. The van der Waals surface area contributed by atoms with E-state index < -0.39 is 0 Å². The molecule has 31 heavy (non-hydrogen) atoms. The van der Waals surface area contributed by atoms with E-state index in [-0.39, 0.29) is 11.8 Å². The van der Waals surface area contributed by atoms with Crippen molar-refractivity contribution in [2.45, 2.75) is 39.0 Å². The number of nitrogens with zero attached hydrogens (tertiary/aromatic N) is 4. The Balaban J connectivity index is 1.40. The number of halogens is 1. The van der Waals surface area contributed by atoms with Crippen molar-refractivity contribution in [3.8, 4) is 11.5 Å². The first-order chi connectivity index (χ1) is 15.1. The van der Waals surface area contributed by atoms with Crippen molar-refractivity contribution in [3.63, 3.8) is 0 Å². The molecule has 8 nitrogen and oxygen atoms in total. The molecule has 1 aromatic carbocycles. The molecule has 2 aliphatic rings. The summed E-state index contributed by atoms with van der Waals surface area (Å²) in [6.07, 6.45) is 6.92. The fourth-order valence-corrected chi connectivity index (χ4v) is 4.48. The summed E-state index contributed by atoms with van der Waals surface area (Å²) in [6, 6.07) is 3.18. The number of aromatic amines is 2. The number of amides is 2. The number of carbonyl (C=O) groups excluding carboxylic acids is 1. The summed E-state index contributed by atoms with van der Waals surface area (Å²) < 4.78 is 14.8. The number of piperidine rings is 2. The quantitative estimate of drug-likeness (QED) is 0.582. The summed E-state index contributed by atoms with van der Waals surface area (Å²) in [4.78, 5) is 24.3. The third kappa shape index (κ3) is 3.96. The summed E-state index contributed by atoms with van der Waals surface area (Å²) in [5.41, 5.74) is 3.04. The zero-order chi connectivity index (χ0) is 21.4. The third-order valence-corrected chi connectivity index (χ3v) is 6.44. The van der Waals surface area contributed by atoms with Gasteiger partial charge in [0.2, 0.25) is 0 Å². The van der Waals surface area contributed by atoms with Crippen LogP contribution in [0.5, 0.6) is 0 Å². The van der Waals surface area contributed by atoms with Gasteiger partial charge in [-0.3, -0.25) is 5.10 Å². The van der Waals surface area contributed by atoms with Crippen molar-refractivity contribution in [1.82, 2.24) is 25.1 Å². The Morgan fingerprint density at radius 2 is 1.94 bits per heavy atom. The molecule has 0 bridgehead atoms. The lowest BCUT2D eigenvalue weighted by Crippen LogP contribution is -2.38. The number of urea groups is 1. The summed E-state index contributed by atoms with van der Waals surface area (Å²) >= 11 is 0. The monoisotopic (exact) mass is 425 g/mol. The van der Waals surface area contributed by atoms with Gasteiger partial charge in [-0.15, -0.1) is 0 Å². The van der Waals surface area contributed by atoms with E-state index in [2.05, 4.69) is 37.3 Å². The van der Waals surface area contributed by atoms with Crippen LogP contribution < -0.4 is 10.2 Å². The molecule has 0 spiro atoms. The second-order valence-corrected chi connectivity index (χ2v) is 8.71. The zero-order valence-electron chi connectivity index (χ0n) is 17.7. The van der Waals surface area contributed by atoms with Crippen molar-refractivity contribution < 1.29 is 9.18 Å². The number of hydrogen-bond acceptors (Lipinski definition) is 4. The minimum atomic E-state index is -0.250. The van der Waals surface area contributed by atoms with E-state index in [4.69, 9.17) is 0 Å². The molecule has 3 aromatic rings. The number of benzene rings is 1. The molecule has 2 fully saturated rings. The minimum absolute atomic E-state index is 0.133. The molecule has 0 saturated carbocycles. The van der Waals surface area contributed by atoms with Gasteiger partial charge in [0.15, 0.2) is 5.82 Å². The molecule has 2 aromatic heterocycles. The average molecular weight is 426 g/mol. The zero-order valence-corrected chi connectivity index (χ0v) is 17.7. The fourth-order valence-electron chi connectivity index (χ4n) is 4.48. The van der Waals surface area contributed by atoms with E-state index >= 15 is 0 Å².